The number of aromatic nitrogens is 2. The van der Waals surface area contributed by atoms with Crippen LogP contribution in [0.15, 0.2) is 6.20 Å². The van der Waals surface area contributed by atoms with Crippen LogP contribution in [0.25, 0.3) is 0 Å². The van der Waals surface area contributed by atoms with E-state index in [0.29, 0.717) is 12.3 Å². The van der Waals surface area contributed by atoms with E-state index in [1.807, 2.05) is 20.9 Å². The Balaban J connectivity index is 2.28. The Kier molecular flexibility index (Phi) is 3.76. The number of nitrogen functional groups attached to an aromatic ring is 1. The van der Waals surface area contributed by atoms with Gasteiger partial charge in [0.15, 0.2) is 5.82 Å². The molecule has 0 atom stereocenters. The minimum atomic E-state index is 0.262. The van der Waals surface area contributed by atoms with Crippen molar-refractivity contribution in [2.75, 3.05) is 24.2 Å². The monoisotopic (exact) mass is 198 g/mol. The van der Waals surface area contributed by atoms with Crippen molar-refractivity contribution in [3.8, 4) is 0 Å². The highest BCUT2D eigenvalue weighted by molar-refractivity contribution is 5.59. The molecule has 0 aromatic carbocycles. The first-order chi connectivity index (χ1) is 6.59. The van der Waals surface area contributed by atoms with Crippen molar-refractivity contribution in [3.05, 3.63) is 6.20 Å². The lowest BCUT2D eigenvalue weighted by Gasteiger charge is -2.07. The molecule has 5 nitrogen and oxygen atoms in total. The molecule has 1 aromatic rings. The van der Waals surface area contributed by atoms with Crippen molar-refractivity contribution in [2.24, 2.45) is 7.05 Å². The van der Waals surface area contributed by atoms with Gasteiger partial charge < -0.3 is 15.8 Å². The lowest BCUT2D eigenvalue weighted by molar-refractivity contribution is 0.0870. The molecule has 0 amide bonds. The highest BCUT2D eigenvalue weighted by atomic mass is 16.5. The topological polar surface area (TPSA) is 65.1 Å². The van der Waals surface area contributed by atoms with E-state index < -0.39 is 0 Å². The zero-order chi connectivity index (χ0) is 10.6. The van der Waals surface area contributed by atoms with Crippen molar-refractivity contribution >= 4 is 11.5 Å². The maximum Gasteiger partial charge on any atom is 0.171 e. The van der Waals surface area contributed by atoms with Gasteiger partial charge in [-0.25, -0.2) is 0 Å². The van der Waals surface area contributed by atoms with Crippen LogP contribution in [0, 0.1) is 0 Å². The second-order valence-corrected chi connectivity index (χ2v) is 3.45. The summed E-state index contributed by atoms with van der Waals surface area (Å²) in [5.41, 5.74) is 6.36. The van der Waals surface area contributed by atoms with Crippen LogP contribution < -0.4 is 11.1 Å². The summed E-state index contributed by atoms with van der Waals surface area (Å²) in [7, 11) is 1.84. The zero-order valence-corrected chi connectivity index (χ0v) is 8.95. The summed E-state index contributed by atoms with van der Waals surface area (Å²) in [4.78, 5) is 0. The molecule has 1 rings (SSSR count). The third kappa shape index (κ3) is 3.26. The summed E-state index contributed by atoms with van der Waals surface area (Å²) in [5.74, 6) is 0.722. The van der Waals surface area contributed by atoms with Crippen molar-refractivity contribution in [3.63, 3.8) is 0 Å². The highest BCUT2D eigenvalue weighted by Gasteiger charge is 2.02. The molecular formula is C9H18N4O. The van der Waals surface area contributed by atoms with Crippen LogP contribution in [0.3, 0.4) is 0 Å². The SMILES string of the molecule is CC(C)OCCNc1nn(C)cc1N. The molecule has 0 unspecified atom stereocenters. The fraction of sp³-hybridized carbons (Fsp3) is 0.667. The minimum absolute atomic E-state index is 0.262. The Hall–Kier alpha value is -1.23. The molecule has 80 valence electrons. The largest absolute Gasteiger partial charge is 0.394 e. The molecule has 0 aliphatic rings. The predicted octanol–water partition coefficient (Wildman–Crippen LogP) is 0.839. The summed E-state index contributed by atoms with van der Waals surface area (Å²) in [6.45, 7) is 5.40. The number of anilines is 2. The Bertz CT molecular complexity index is 282. The maximum absolute atomic E-state index is 5.70. The van der Waals surface area contributed by atoms with Crippen LogP contribution in [-0.2, 0) is 11.8 Å². The van der Waals surface area contributed by atoms with Gasteiger partial charge in [0.05, 0.1) is 18.4 Å². The van der Waals surface area contributed by atoms with Crippen LogP contribution in [0.1, 0.15) is 13.8 Å². The van der Waals surface area contributed by atoms with E-state index in [1.54, 1.807) is 10.9 Å². The average Bonchev–Trinajstić information content (AvgIpc) is 2.39. The molecule has 0 spiro atoms. The van der Waals surface area contributed by atoms with E-state index in [1.165, 1.54) is 0 Å². The molecular weight excluding hydrogens is 180 g/mol. The van der Waals surface area contributed by atoms with E-state index in [2.05, 4.69) is 10.4 Å². The summed E-state index contributed by atoms with van der Waals surface area (Å²) in [5, 5.41) is 7.26. The predicted molar refractivity (Wildman–Crippen MR) is 57.2 cm³/mol. The van der Waals surface area contributed by atoms with Gasteiger partial charge in [0.1, 0.15) is 0 Å². The Morgan fingerprint density at radius 2 is 2.36 bits per heavy atom. The van der Waals surface area contributed by atoms with Gasteiger partial charge in [0, 0.05) is 19.8 Å². The summed E-state index contributed by atoms with van der Waals surface area (Å²) in [6.07, 6.45) is 2.03. The maximum atomic E-state index is 5.70. The summed E-state index contributed by atoms with van der Waals surface area (Å²) in [6, 6.07) is 0. The van der Waals surface area contributed by atoms with Crippen LogP contribution in [0.4, 0.5) is 11.5 Å². The molecule has 0 aliphatic carbocycles. The third-order valence-electron chi connectivity index (χ3n) is 1.70. The number of nitrogens with zero attached hydrogens (tertiary/aromatic N) is 2. The second kappa shape index (κ2) is 4.85. The summed E-state index contributed by atoms with van der Waals surface area (Å²) < 4.78 is 7.05. The second-order valence-electron chi connectivity index (χ2n) is 3.45. The van der Waals surface area contributed by atoms with E-state index in [4.69, 9.17) is 10.5 Å². The van der Waals surface area contributed by atoms with Gasteiger partial charge in [0.25, 0.3) is 0 Å². The number of hydrogen-bond acceptors (Lipinski definition) is 4. The van der Waals surface area contributed by atoms with Gasteiger partial charge in [-0.05, 0) is 13.8 Å². The van der Waals surface area contributed by atoms with Crippen molar-refractivity contribution in [1.29, 1.82) is 0 Å². The molecule has 0 aliphatic heterocycles. The van der Waals surface area contributed by atoms with Gasteiger partial charge in [0.2, 0.25) is 0 Å². The van der Waals surface area contributed by atoms with Crippen LogP contribution in [0.2, 0.25) is 0 Å². The normalized spacial score (nSPS) is 10.9. The van der Waals surface area contributed by atoms with E-state index >= 15 is 0 Å². The number of rotatable bonds is 5. The molecule has 0 bridgehead atoms. The number of ether oxygens (including phenoxy) is 1. The lowest BCUT2D eigenvalue weighted by atomic mass is 10.5. The molecule has 5 heteroatoms. The summed E-state index contributed by atoms with van der Waals surface area (Å²) >= 11 is 0. The molecule has 0 saturated carbocycles. The van der Waals surface area contributed by atoms with E-state index in [0.717, 1.165) is 12.4 Å². The zero-order valence-electron chi connectivity index (χ0n) is 8.95. The fourth-order valence-electron chi connectivity index (χ4n) is 1.11. The number of hydrogen-bond donors (Lipinski definition) is 2. The minimum Gasteiger partial charge on any atom is -0.394 e. The fourth-order valence-corrected chi connectivity index (χ4v) is 1.11. The van der Waals surface area contributed by atoms with Crippen LogP contribution in [0.5, 0.6) is 0 Å². The van der Waals surface area contributed by atoms with Gasteiger partial charge in [-0.15, -0.1) is 0 Å². The Morgan fingerprint density at radius 1 is 1.64 bits per heavy atom. The van der Waals surface area contributed by atoms with Gasteiger partial charge in [-0.2, -0.15) is 5.10 Å². The average molecular weight is 198 g/mol. The van der Waals surface area contributed by atoms with Crippen molar-refractivity contribution < 1.29 is 4.74 Å². The van der Waals surface area contributed by atoms with Gasteiger partial charge in [-0.1, -0.05) is 0 Å². The van der Waals surface area contributed by atoms with Crippen LogP contribution >= 0.6 is 0 Å². The molecule has 1 aromatic heterocycles. The highest BCUT2D eigenvalue weighted by Crippen LogP contribution is 2.13. The first kappa shape index (κ1) is 10.8. The van der Waals surface area contributed by atoms with Gasteiger partial charge >= 0.3 is 0 Å². The molecule has 3 N–H and O–H groups in total. The van der Waals surface area contributed by atoms with Gasteiger partial charge in [-0.3, -0.25) is 4.68 Å². The number of nitrogens with two attached hydrogens (primary N) is 1. The molecule has 0 radical (unpaired) electrons. The first-order valence-corrected chi connectivity index (χ1v) is 4.74. The van der Waals surface area contributed by atoms with Crippen molar-refractivity contribution in [2.45, 2.75) is 20.0 Å². The third-order valence-corrected chi connectivity index (χ3v) is 1.70. The molecule has 1 heterocycles. The first-order valence-electron chi connectivity index (χ1n) is 4.74. The molecule has 0 fully saturated rings. The lowest BCUT2D eigenvalue weighted by Crippen LogP contribution is -2.14. The molecule has 14 heavy (non-hydrogen) atoms. The number of aryl methyl sites for hydroxylation is 1. The standard InChI is InChI=1S/C9H18N4O/c1-7(2)14-5-4-11-9-8(10)6-13(3)12-9/h6-7H,4-5,10H2,1-3H3,(H,11,12). The Morgan fingerprint density at radius 3 is 2.86 bits per heavy atom. The quantitative estimate of drug-likeness (QED) is 0.688. The van der Waals surface area contributed by atoms with Crippen LogP contribution in [-0.4, -0.2) is 29.0 Å². The molecule has 0 saturated heterocycles. The Labute approximate surface area is 84.2 Å². The van der Waals surface area contributed by atoms with Crippen molar-refractivity contribution in [1.82, 2.24) is 9.78 Å². The van der Waals surface area contributed by atoms with E-state index in [9.17, 15) is 0 Å². The smallest absolute Gasteiger partial charge is 0.171 e. The number of nitrogens with one attached hydrogen (secondary N) is 1. The van der Waals surface area contributed by atoms with E-state index in [-0.39, 0.29) is 6.10 Å².